The minimum atomic E-state index is -0.710. The van der Waals surface area contributed by atoms with Crippen molar-refractivity contribution in [3.05, 3.63) is 86.7 Å². The maximum absolute atomic E-state index is 12.9. The number of ketones is 1. The molecule has 9 nitrogen and oxygen atoms in total. The largest absolute Gasteiger partial charge is 0.384 e. The SMILES string of the molecule is Cn1c(=O)c(C(=O)CSc2nnc3ccccn23)c(N)n(Cc2ccccc2)c1=O. The zero-order chi connectivity index (χ0) is 21.3. The number of Topliss-reactive ketones (excluding diaryl/α,β-unsaturated/α-hetero) is 1. The van der Waals surface area contributed by atoms with Crippen LogP contribution in [0.2, 0.25) is 0 Å². The molecule has 0 fully saturated rings. The number of carbonyl (C=O) groups is 1. The van der Waals surface area contributed by atoms with Crippen LogP contribution in [-0.4, -0.2) is 35.3 Å². The lowest BCUT2D eigenvalue weighted by molar-refractivity contribution is 0.102. The summed E-state index contributed by atoms with van der Waals surface area (Å²) < 4.78 is 3.89. The van der Waals surface area contributed by atoms with Gasteiger partial charge in [0.2, 0.25) is 0 Å². The van der Waals surface area contributed by atoms with E-state index in [2.05, 4.69) is 10.2 Å². The average molecular weight is 422 g/mol. The molecule has 0 spiro atoms. The Labute approximate surface area is 174 Å². The number of thioether (sulfide) groups is 1. The van der Waals surface area contributed by atoms with Crippen LogP contribution in [0.5, 0.6) is 0 Å². The molecule has 30 heavy (non-hydrogen) atoms. The first kappa shape index (κ1) is 19.6. The Morgan fingerprint density at radius 2 is 1.80 bits per heavy atom. The van der Waals surface area contributed by atoms with Crippen molar-refractivity contribution in [3.8, 4) is 0 Å². The molecule has 0 aliphatic rings. The number of fused-ring (bicyclic) bond motifs is 1. The van der Waals surface area contributed by atoms with Gasteiger partial charge in [-0.1, -0.05) is 48.2 Å². The molecule has 152 valence electrons. The predicted molar refractivity (Wildman–Crippen MR) is 114 cm³/mol. The van der Waals surface area contributed by atoms with E-state index in [0.29, 0.717) is 10.8 Å². The van der Waals surface area contributed by atoms with Gasteiger partial charge in [0.25, 0.3) is 5.56 Å². The molecule has 0 aliphatic carbocycles. The molecule has 3 heterocycles. The number of nitrogens with two attached hydrogens (primary N) is 1. The number of rotatable bonds is 6. The number of hydrogen-bond donors (Lipinski definition) is 1. The Hall–Kier alpha value is -3.66. The van der Waals surface area contributed by atoms with Gasteiger partial charge in [-0.2, -0.15) is 0 Å². The Balaban J connectivity index is 1.66. The third-order valence-electron chi connectivity index (χ3n) is 4.66. The first-order chi connectivity index (χ1) is 14.5. The lowest BCUT2D eigenvalue weighted by Gasteiger charge is -2.14. The summed E-state index contributed by atoms with van der Waals surface area (Å²) >= 11 is 1.15. The average Bonchev–Trinajstić information content (AvgIpc) is 3.18. The molecular weight excluding hydrogens is 404 g/mol. The summed E-state index contributed by atoms with van der Waals surface area (Å²) in [5, 5.41) is 8.62. The van der Waals surface area contributed by atoms with Gasteiger partial charge < -0.3 is 5.73 Å². The maximum atomic E-state index is 12.9. The monoisotopic (exact) mass is 422 g/mol. The van der Waals surface area contributed by atoms with Crippen molar-refractivity contribution < 1.29 is 4.79 Å². The van der Waals surface area contributed by atoms with Crippen LogP contribution in [0.15, 0.2) is 69.5 Å². The van der Waals surface area contributed by atoms with Crippen LogP contribution in [0.1, 0.15) is 15.9 Å². The first-order valence-corrected chi connectivity index (χ1v) is 10.0. The van der Waals surface area contributed by atoms with E-state index in [9.17, 15) is 14.4 Å². The smallest absolute Gasteiger partial charge is 0.332 e. The van der Waals surface area contributed by atoms with Gasteiger partial charge in [0.1, 0.15) is 11.4 Å². The van der Waals surface area contributed by atoms with Gasteiger partial charge in [0, 0.05) is 13.2 Å². The van der Waals surface area contributed by atoms with Crippen LogP contribution in [0.3, 0.4) is 0 Å². The summed E-state index contributed by atoms with van der Waals surface area (Å²) in [4.78, 5) is 38.1. The van der Waals surface area contributed by atoms with E-state index in [4.69, 9.17) is 5.73 Å². The zero-order valence-corrected chi connectivity index (χ0v) is 16.9. The number of hydrogen-bond acceptors (Lipinski definition) is 7. The van der Waals surface area contributed by atoms with Crippen LogP contribution in [0, 0.1) is 0 Å². The molecule has 2 N–H and O–H groups in total. The summed E-state index contributed by atoms with van der Waals surface area (Å²) in [7, 11) is 1.33. The van der Waals surface area contributed by atoms with Gasteiger partial charge in [-0.25, -0.2) is 4.79 Å². The fraction of sp³-hybridized carbons (Fsp3) is 0.150. The Kier molecular flexibility index (Phi) is 5.23. The Morgan fingerprint density at radius 1 is 1.07 bits per heavy atom. The molecule has 3 aromatic heterocycles. The van der Waals surface area contributed by atoms with Crippen molar-refractivity contribution in [3.63, 3.8) is 0 Å². The van der Waals surface area contributed by atoms with Crippen molar-refractivity contribution in [1.29, 1.82) is 0 Å². The fourth-order valence-corrected chi connectivity index (χ4v) is 3.88. The van der Waals surface area contributed by atoms with E-state index in [0.717, 1.165) is 21.9 Å². The molecule has 4 aromatic rings. The third kappa shape index (κ3) is 3.52. The van der Waals surface area contributed by atoms with Gasteiger partial charge in [-0.15, -0.1) is 10.2 Å². The number of carbonyl (C=O) groups excluding carboxylic acids is 1. The normalized spacial score (nSPS) is 11.1. The van der Waals surface area contributed by atoms with Gasteiger partial charge in [-0.05, 0) is 17.7 Å². The van der Waals surface area contributed by atoms with Crippen LogP contribution in [0.4, 0.5) is 5.82 Å². The molecule has 0 amide bonds. The highest BCUT2D eigenvalue weighted by Crippen LogP contribution is 2.19. The van der Waals surface area contributed by atoms with Crippen LogP contribution in [0.25, 0.3) is 5.65 Å². The molecule has 0 saturated carbocycles. The van der Waals surface area contributed by atoms with Gasteiger partial charge in [0.05, 0.1) is 12.3 Å². The number of anilines is 1. The fourth-order valence-electron chi connectivity index (χ4n) is 3.08. The number of aromatic nitrogens is 5. The molecule has 0 bridgehead atoms. The highest BCUT2D eigenvalue weighted by Gasteiger charge is 2.22. The standard InChI is InChI=1S/C20H18N6O3S/c1-24-18(28)16(17(21)26(20(24)29)11-13-7-3-2-4-8-13)14(27)12-30-19-23-22-15-9-5-6-10-25(15)19/h2-10H,11-12,21H2,1H3. The van der Waals surface area contributed by atoms with E-state index < -0.39 is 17.0 Å². The van der Waals surface area contributed by atoms with Gasteiger partial charge in [0.15, 0.2) is 16.6 Å². The summed E-state index contributed by atoms with van der Waals surface area (Å²) in [5.74, 6) is -0.685. The zero-order valence-electron chi connectivity index (χ0n) is 16.1. The second-order valence-corrected chi connectivity index (χ2v) is 7.54. The molecule has 10 heteroatoms. The molecule has 4 rings (SSSR count). The molecule has 1 aromatic carbocycles. The molecule has 0 radical (unpaired) electrons. The number of pyridine rings is 1. The van der Waals surface area contributed by atoms with Crippen molar-refractivity contribution in [2.24, 2.45) is 7.05 Å². The quantitative estimate of drug-likeness (QED) is 0.366. The number of benzene rings is 1. The van der Waals surface area contributed by atoms with Crippen molar-refractivity contribution in [1.82, 2.24) is 23.7 Å². The highest BCUT2D eigenvalue weighted by atomic mass is 32.2. The molecule has 0 unspecified atom stereocenters. The second-order valence-electron chi connectivity index (χ2n) is 6.60. The topological polar surface area (TPSA) is 117 Å². The van der Waals surface area contributed by atoms with Crippen LogP contribution < -0.4 is 17.0 Å². The lowest BCUT2D eigenvalue weighted by atomic mass is 10.2. The predicted octanol–water partition coefficient (Wildman–Crippen LogP) is 1.20. The summed E-state index contributed by atoms with van der Waals surface area (Å²) in [6.45, 7) is 0.155. The Morgan fingerprint density at radius 3 is 2.57 bits per heavy atom. The number of nitrogen functional groups attached to an aromatic ring is 1. The highest BCUT2D eigenvalue weighted by molar-refractivity contribution is 7.99. The summed E-state index contributed by atoms with van der Waals surface area (Å²) in [6.07, 6.45) is 1.79. The maximum Gasteiger partial charge on any atom is 0.332 e. The van der Waals surface area contributed by atoms with E-state index in [-0.39, 0.29) is 23.7 Å². The van der Waals surface area contributed by atoms with Crippen molar-refractivity contribution in [2.75, 3.05) is 11.5 Å². The van der Waals surface area contributed by atoms with Gasteiger partial charge >= 0.3 is 5.69 Å². The number of nitrogens with zero attached hydrogens (tertiary/aromatic N) is 5. The van der Waals surface area contributed by atoms with Crippen LogP contribution in [-0.2, 0) is 13.6 Å². The van der Waals surface area contributed by atoms with E-state index in [1.165, 1.54) is 11.6 Å². The van der Waals surface area contributed by atoms with Gasteiger partial charge in [-0.3, -0.25) is 23.1 Å². The second kappa shape index (κ2) is 7.99. The minimum Gasteiger partial charge on any atom is -0.384 e. The van der Waals surface area contributed by atoms with Crippen molar-refractivity contribution >= 4 is 29.0 Å². The minimum absolute atomic E-state index is 0.0708. The molecule has 0 saturated heterocycles. The lowest BCUT2D eigenvalue weighted by Crippen LogP contribution is -2.43. The van der Waals surface area contributed by atoms with Crippen molar-refractivity contribution in [2.45, 2.75) is 11.7 Å². The first-order valence-electron chi connectivity index (χ1n) is 9.06. The van der Waals surface area contributed by atoms with E-state index in [1.807, 2.05) is 42.5 Å². The third-order valence-corrected chi connectivity index (χ3v) is 5.60. The van der Waals surface area contributed by atoms with Crippen LogP contribution >= 0.6 is 11.8 Å². The molecule has 0 aliphatic heterocycles. The summed E-state index contributed by atoms with van der Waals surface area (Å²) in [6, 6.07) is 14.7. The van der Waals surface area contributed by atoms with E-state index in [1.54, 1.807) is 16.7 Å². The summed E-state index contributed by atoms with van der Waals surface area (Å²) in [5.41, 5.74) is 6.12. The molecule has 0 atom stereocenters. The van der Waals surface area contributed by atoms with E-state index >= 15 is 0 Å². The molecular formula is C20H18N6O3S. The Bertz CT molecular complexity index is 1360.